The van der Waals surface area contributed by atoms with Crippen LogP contribution < -0.4 is 10.6 Å². The van der Waals surface area contributed by atoms with Crippen LogP contribution in [0, 0.1) is 6.92 Å². The first-order valence-corrected chi connectivity index (χ1v) is 13.7. The Morgan fingerprint density at radius 3 is 2.60 bits per heavy atom. The predicted octanol–water partition coefficient (Wildman–Crippen LogP) is 5.04. The molecule has 0 spiro atoms. The molecule has 2 aromatic heterocycles. The van der Waals surface area contributed by atoms with E-state index in [1.165, 1.54) is 5.56 Å². The number of aryl methyl sites for hydroxylation is 2. The van der Waals surface area contributed by atoms with E-state index >= 15 is 0 Å². The lowest BCUT2D eigenvalue weighted by atomic mass is 10.0. The van der Waals surface area contributed by atoms with Crippen molar-refractivity contribution in [2.75, 3.05) is 12.4 Å². The van der Waals surface area contributed by atoms with Gasteiger partial charge in [0.1, 0.15) is 6.04 Å². The maximum atomic E-state index is 13.7. The summed E-state index contributed by atoms with van der Waals surface area (Å²) in [5.41, 5.74) is 6.22. The van der Waals surface area contributed by atoms with E-state index in [2.05, 4.69) is 21.9 Å². The largest absolute Gasteiger partial charge is 0.481 e. The number of carbonyl (C=O) groups is 3. The van der Waals surface area contributed by atoms with Gasteiger partial charge in [0.2, 0.25) is 5.91 Å². The minimum Gasteiger partial charge on any atom is -0.481 e. The Morgan fingerprint density at radius 1 is 1.12 bits per heavy atom. The minimum absolute atomic E-state index is 0.0606. The monoisotopic (exact) mass is 541 g/mol. The van der Waals surface area contributed by atoms with Crippen LogP contribution in [0.1, 0.15) is 77.2 Å². The zero-order valence-electron chi connectivity index (χ0n) is 23.1. The van der Waals surface area contributed by atoms with Crippen molar-refractivity contribution in [2.45, 2.75) is 64.5 Å². The highest BCUT2D eigenvalue weighted by molar-refractivity contribution is 6.00. The molecule has 9 heteroatoms. The average molecular weight is 542 g/mol. The van der Waals surface area contributed by atoms with Crippen LogP contribution in [0.2, 0.25) is 0 Å². The molecule has 2 amide bonds. The fourth-order valence-corrected chi connectivity index (χ4v) is 5.19. The standard InChI is InChI=1S/C31H35N5O4/c1-19-15-33-35(16-19)17-21-7-8-23(5-4-6-29(37)38)27(13-21)34-30(39)20(2)36-18-26(22-9-10-22)25-12-11-24(14-28(25)36)31(40)32-3/h7-8,11-16,18,20,22H,4-6,9-10,17H2,1-3H3,(H,32,40)(H,34,39)(H,37,38). The van der Waals surface area contributed by atoms with Gasteiger partial charge in [-0.3, -0.25) is 19.1 Å². The molecule has 0 aliphatic heterocycles. The molecule has 1 aliphatic carbocycles. The SMILES string of the molecule is CNC(=O)c1ccc2c(C3CC3)cn(C(C)C(=O)Nc3cc(Cn4cc(C)cn4)ccc3CCCC(=O)O)c2c1. The van der Waals surface area contributed by atoms with Crippen LogP contribution in [0.5, 0.6) is 0 Å². The summed E-state index contributed by atoms with van der Waals surface area (Å²) in [6.07, 6.45) is 9.14. The third kappa shape index (κ3) is 5.93. The molecule has 1 atom stereocenters. The molecule has 1 saturated carbocycles. The average Bonchev–Trinajstić information content (AvgIpc) is 3.59. The summed E-state index contributed by atoms with van der Waals surface area (Å²) in [6, 6.07) is 11.0. The summed E-state index contributed by atoms with van der Waals surface area (Å²) in [7, 11) is 1.60. The molecule has 0 bridgehead atoms. The fraction of sp³-hybridized carbons (Fsp3) is 0.355. The van der Waals surface area contributed by atoms with Gasteiger partial charge in [0.25, 0.3) is 5.91 Å². The first-order valence-electron chi connectivity index (χ1n) is 13.7. The van der Waals surface area contributed by atoms with Gasteiger partial charge in [0.05, 0.1) is 12.7 Å². The van der Waals surface area contributed by atoms with Crippen molar-refractivity contribution in [1.82, 2.24) is 19.7 Å². The van der Waals surface area contributed by atoms with Gasteiger partial charge in [-0.15, -0.1) is 0 Å². The van der Waals surface area contributed by atoms with Crippen molar-refractivity contribution < 1.29 is 19.5 Å². The van der Waals surface area contributed by atoms with E-state index in [-0.39, 0.29) is 18.2 Å². The molecule has 3 N–H and O–H groups in total. The van der Waals surface area contributed by atoms with Crippen molar-refractivity contribution in [2.24, 2.45) is 0 Å². The Kier molecular flexibility index (Phi) is 7.73. The van der Waals surface area contributed by atoms with Crippen molar-refractivity contribution in [1.29, 1.82) is 0 Å². The van der Waals surface area contributed by atoms with Crippen LogP contribution in [0.25, 0.3) is 10.9 Å². The molecule has 4 aromatic rings. The first-order chi connectivity index (χ1) is 19.2. The Morgan fingerprint density at radius 2 is 1.93 bits per heavy atom. The normalized spacial score (nSPS) is 13.8. The van der Waals surface area contributed by atoms with E-state index in [0.717, 1.165) is 40.4 Å². The molecule has 2 aromatic carbocycles. The highest BCUT2D eigenvalue weighted by Crippen LogP contribution is 2.44. The number of amides is 2. The number of rotatable bonds is 11. The van der Waals surface area contributed by atoms with Crippen LogP contribution >= 0.6 is 0 Å². The Balaban J connectivity index is 1.44. The smallest absolute Gasteiger partial charge is 0.303 e. The molecule has 0 saturated heterocycles. The maximum Gasteiger partial charge on any atom is 0.303 e. The number of carbonyl (C=O) groups excluding carboxylic acids is 2. The summed E-state index contributed by atoms with van der Waals surface area (Å²) in [6.45, 7) is 4.40. The summed E-state index contributed by atoms with van der Waals surface area (Å²) in [5.74, 6) is -0.716. The van der Waals surface area contributed by atoms with E-state index in [1.54, 1.807) is 13.2 Å². The molecule has 1 unspecified atom stereocenters. The molecule has 0 radical (unpaired) electrons. The lowest BCUT2D eigenvalue weighted by Crippen LogP contribution is -2.24. The first kappa shape index (κ1) is 27.2. The van der Waals surface area contributed by atoms with Crippen molar-refractivity contribution in [3.8, 4) is 0 Å². The number of aromatic nitrogens is 3. The van der Waals surface area contributed by atoms with E-state index in [1.807, 2.05) is 65.7 Å². The Hall–Kier alpha value is -4.40. The van der Waals surface area contributed by atoms with E-state index < -0.39 is 12.0 Å². The summed E-state index contributed by atoms with van der Waals surface area (Å²) >= 11 is 0. The van der Waals surface area contributed by atoms with Crippen LogP contribution in [0.15, 0.2) is 55.0 Å². The summed E-state index contributed by atoms with van der Waals surface area (Å²) in [4.78, 5) is 37.2. The van der Waals surface area contributed by atoms with E-state index in [9.17, 15) is 14.4 Å². The van der Waals surface area contributed by atoms with Crippen molar-refractivity contribution in [3.05, 3.63) is 82.8 Å². The van der Waals surface area contributed by atoms with Gasteiger partial charge in [-0.1, -0.05) is 18.2 Å². The second-order valence-corrected chi connectivity index (χ2v) is 10.7. The highest BCUT2D eigenvalue weighted by Gasteiger charge is 2.29. The molecule has 2 heterocycles. The van der Waals surface area contributed by atoms with Crippen molar-refractivity contribution >= 4 is 34.4 Å². The quantitative estimate of drug-likeness (QED) is 0.246. The molecule has 40 heavy (non-hydrogen) atoms. The number of hydrogen-bond donors (Lipinski definition) is 3. The number of hydrogen-bond acceptors (Lipinski definition) is 4. The lowest BCUT2D eigenvalue weighted by molar-refractivity contribution is -0.137. The van der Waals surface area contributed by atoms with Gasteiger partial charge in [0.15, 0.2) is 0 Å². The van der Waals surface area contributed by atoms with Crippen LogP contribution in [-0.2, 0) is 22.6 Å². The predicted molar refractivity (Wildman–Crippen MR) is 154 cm³/mol. The Bertz CT molecular complexity index is 1580. The number of aliphatic carboxylic acids is 1. The highest BCUT2D eigenvalue weighted by atomic mass is 16.4. The number of nitrogens with zero attached hydrogens (tertiary/aromatic N) is 3. The van der Waals surface area contributed by atoms with Crippen molar-refractivity contribution in [3.63, 3.8) is 0 Å². The Labute approximate surface area is 233 Å². The zero-order valence-corrected chi connectivity index (χ0v) is 23.1. The van der Waals surface area contributed by atoms with Gasteiger partial charge < -0.3 is 20.3 Å². The van der Waals surface area contributed by atoms with Gasteiger partial charge in [-0.05, 0) is 85.9 Å². The lowest BCUT2D eigenvalue weighted by Gasteiger charge is -2.18. The second-order valence-electron chi connectivity index (χ2n) is 10.7. The third-order valence-electron chi connectivity index (χ3n) is 7.54. The topological polar surface area (TPSA) is 118 Å². The van der Waals surface area contributed by atoms with Crippen LogP contribution in [0.4, 0.5) is 5.69 Å². The van der Waals surface area contributed by atoms with Gasteiger partial charge in [0, 0.05) is 48.0 Å². The fourth-order valence-electron chi connectivity index (χ4n) is 5.19. The molecule has 5 rings (SSSR count). The number of anilines is 1. The number of fused-ring (bicyclic) bond motifs is 1. The minimum atomic E-state index is -0.841. The third-order valence-corrected chi connectivity index (χ3v) is 7.54. The second kappa shape index (κ2) is 11.4. The molecule has 208 valence electrons. The van der Waals surface area contributed by atoms with Gasteiger partial charge in [-0.25, -0.2) is 0 Å². The maximum absolute atomic E-state index is 13.7. The number of benzene rings is 2. The van der Waals surface area contributed by atoms with Gasteiger partial charge in [-0.2, -0.15) is 5.10 Å². The van der Waals surface area contributed by atoms with E-state index in [4.69, 9.17) is 5.11 Å². The molecule has 9 nitrogen and oxygen atoms in total. The van der Waals surface area contributed by atoms with E-state index in [0.29, 0.717) is 36.6 Å². The molecular weight excluding hydrogens is 506 g/mol. The van der Waals surface area contributed by atoms with Gasteiger partial charge >= 0.3 is 5.97 Å². The molecular formula is C31H35N5O4. The summed E-state index contributed by atoms with van der Waals surface area (Å²) < 4.78 is 3.81. The number of carboxylic acids is 1. The molecule has 1 aliphatic rings. The molecule has 1 fully saturated rings. The van der Waals surface area contributed by atoms with Crippen LogP contribution in [-0.4, -0.2) is 44.3 Å². The number of nitrogens with one attached hydrogen (secondary N) is 2. The summed E-state index contributed by atoms with van der Waals surface area (Å²) in [5, 5.41) is 20.4. The zero-order chi connectivity index (χ0) is 28.4. The number of carboxylic acid groups (broad SMARTS) is 1. The van der Waals surface area contributed by atoms with Crippen LogP contribution in [0.3, 0.4) is 0 Å².